The fourth-order valence-electron chi connectivity index (χ4n) is 3.35. The largest absolute Gasteiger partial charge is 0.341 e. The van der Waals surface area contributed by atoms with Gasteiger partial charge in [-0.3, -0.25) is 4.79 Å². The van der Waals surface area contributed by atoms with Gasteiger partial charge in [0.05, 0.1) is 11.0 Å². The molecule has 1 aromatic carbocycles. The second-order valence-electron chi connectivity index (χ2n) is 6.37. The number of aromatic nitrogens is 2. The maximum absolute atomic E-state index is 12.4. The molecule has 5 nitrogen and oxygen atoms in total. The quantitative estimate of drug-likeness (QED) is 0.926. The lowest BCUT2D eigenvalue weighted by Gasteiger charge is -2.30. The molecule has 2 fully saturated rings. The van der Waals surface area contributed by atoms with Crippen LogP contribution in [0.4, 0.5) is 5.95 Å². The molecule has 22 heavy (non-hydrogen) atoms. The van der Waals surface area contributed by atoms with Crippen molar-refractivity contribution >= 4 is 22.9 Å². The number of hydrogen-bond acceptors (Lipinski definition) is 3. The number of hydrogen-bond donors (Lipinski definition) is 1. The zero-order valence-electron chi connectivity index (χ0n) is 12.8. The molecule has 0 spiro atoms. The van der Waals surface area contributed by atoms with Crippen LogP contribution in [0.2, 0.25) is 0 Å². The van der Waals surface area contributed by atoms with E-state index in [2.05, 4.69) is 25.8 Å². The molecule has 2 heterocycles. The Labute approximate surface area is 130 Å². The average molecular weight is 298 g/mol. The van der Waals surface area contributed by atoms with Gasteiger partial charge in [-0.1, -0.05) is 18.6 Å². The lowest BCUT2D eigenvalue weighted by molar-refractivity contribution is -0.137. The highest BCUT2D eigenvalue weighted by atomic mass is 16.2. The van der Waals surface area contributed by atoms with Gasteiger partial charge in [-0.05, 0) is 31.4 Å². The van der Waals surface area contributed by atoms with Gasteiger partial charge in [0, 0.05) is 32.1 Å². The summed E-state index contributed by atoms with van der Waals surface area (Å²) >= 11 is 0. The van der Waals surface area contributed by atoms with E-state index in [0.29, 0.717) is 11.8 Å². The minimum Gasteiger partial charge on any atom is -0.341 e. The zero-order chi connectivity index (χ0) is 14.9. The molecule has 1 saturated carbocycles. The van der Waals surface area contributed by atoms with Crippen molar-refractivity contribution in [1.29, 1.82) is 0 Å². The maximum atomic E-state index is 12.4. The van der Waals surface area contributed by atoms with Gasteiger partial charge in [0.1, 0.15) is 0 Å². The van der Waals surface area contributed by atoms with Crippen molar-refractivity contribution in [3.63, 3.8) is 0 Å². The standard InChI is InChI=1S/C17H22N4O/c22-16(13-5-3-6-13)20-9-4-10-21(12-11-20)17-18-14-7-1-2-8-15(14)19-17/h1-2,7-8,13H,3-6,9-12H2,(H,18,19). The van der Waals surface area contributed by atoms with Crippen molar-refractivity contribution in [2.45, 2.75) is 25.7 Å². The normalized spacial score (nSPS) is 20.0. The van der Waals surface area contributed by atoms with Gasteiger partial charge in [-0.25, -0.2) is 4.98 Å². The van der Waals surface area contributed by atoms with Gasteiger partial charge in [0.15, 0.2) is 0 Å². The minimum atomic E-state index is 0.303. The summed E-state index contributed by atoms with van der Waals surface area (Å²) in [5, 5.41) is 0. The molecular weight excluding hydrogens is 276 g/mol. The van der Waals surface area contributed by atoms with E-state index in [1.54, 1.807) is 0 Å². The van der Waals surface area contributed by atoms with Gasteiger partial charge in [-0.15, -0.1) is 0 Å². The van der Waals surface area contributed by atoms with E-state index < -0.39 is 0 Å². The van der Waals surface area contributed by atoms with Gasteiger partial charge < -0.3 is 14.8 Å². The first-order chi connectivity index (χ1) is 10.8. The van der Waals surface area contributed by atoms with Crippen LogP contribution in [0.1, 0.15) is 25.7 Å². The van der Waals surface area contributed by atoms with Crippen molar-refractivity contribution < 1.29 is 4.79 Å². The minimum absolute atomic E-state index is 0.303. The molecule has 1 saturated heterocycles. The number of carbonyl (C=O) groups is 1. The molecule has 0 bridgehead atoms. The molecular formula is C17H22N4O. The Morgan fingerprint density at radius 3 is 2.73 bits per heavy atom. The third-order valence-corrected chi connectivity index (χ3v) is 4.94. The van der Waals surface area contributed by atoms with Gasteiger partial charge >= 0.3 is 0 Å². The molecule has 4 rings (SSSR count). The molecule has 0 unspecified atom stereocenters. The van der Waals surface area contributed by atoms with Crippen LogP contribution in [0.3, 0.4) is 0 Å². The Balaban J connectivity index is 1.46. The zero-order valence-corrected chi connectivity index (χ0v) is 12.8. The van der Waals surface area contributed by atoms with Crippen LogP contribution >= 0.6 is 0 Å². The summed E-state index contributed by atoms with van der Waals surface area (Å²) in [5.74, 6) is 1.61. The van der Waals surface area contributed by atoms with Crippen LogP contribution in [0, 0.1) is 5.92 Å². The van der Waals surface area contributed by atoms with E-state index in [-0.39, 0.29) is 0 Å². The molecule has 5 heteroatoms. The number of rotatable bonds is 2. The molecule has 0 radical (unpaired) electrons. The highest BCUT2D eigenvalue weighted by molar-refractivity contribution is 5.80. The first-order valence-corrected chi connectivity index (χ1v) is 8.30. The van der Waals surface area contributed by atoms with Crippen molar-refractivity contribution in [2.75, 3.05) is 31.1 Å². The summed E-state index contributed by atoms with van der Waals surface area (Å²) in [6, 6.07) is 8.11. The molecule has 0 atom stereocenters. The van der Waals surface area contributed by atoms with Crippen LogP contribution in [0.25, 0.3) is 11.0 Å². The topological polar surface area (TPSA) is 52.2 Å². The fraction of sp³-hybridized carbons (Fsp3) is 0.529. The molecule has 1 amide bonds. The molecule has 1 N–H and O–H groups in total. The number of para-hydroxylation sites is 2. The Hall–Kier alpha value is -2.04. The van der Waals surface area contributed by atoms with Crippen molar-refractivity contribution in [2.24, 2.45) is 5.92 Å². The van der Waals surface area contributed by atoms with Gasteiger partial charge in [0.2, 0.25) is 11.9 Å². The molecule has 1 aromatic heterocycles. The van der Waals surface area contributed by atoms with Crippen LogP contribution in [-0.2, 0) is 4.79 Å². The predicted octanol–water partition coefficient (Wildman–Crippen LogP) is 2.40. The molecule has 2 aromatic rings. The Bertz CT molecular complexity index is 643. The lowest BCUT2D eigenvalue weighted by atomic mass is 9.84. The van der Waals surface area contributed by atoms with Crippen molar-refractivity contribution in [1.82, 2.24) is 14.9 Å². The summed E-state index contributed by atoms with van der Waals surface area (Å²) < 4.78 is 0. The van der Waals surface area contributed by atoms with E-state index in [4.69, 9.17) is 0 Å². The number of nitrogens with zero attached hydrogens (tertiary/aromatic N) is 3. The van der Waals surface area contributed by atoms with E-state index in [1.807, 2.05) is 18.2 Å². The van der Waals surface area contributed by atoms with Crippen molar-refractivity contribution in [3.05, 3.63) is 24.3 Å². The van der Waals surface area contributed by atoms with Crippen LogP contribution in [0.5, 0.6) is 0 Å². The number of imidazole rings is 1. The van der Waals surface area contributed by atoms with Crippen LogP contribution < -0.4 is 4.90 Å². The summed E-state index contributed by atoms with van der Waals surface area (Å²) in [7, 11) is 0. The number of amides is 1. The summed E-state index contributed by atoms with van der Waals surface area (Å²) in [5.41, 5.74) is 2.08. The Morgan fingerprint density at radius 2 is 1.95 bits per heavy atom. The number of fused-ring (bicyclic) bond motifs is 1. The first-order valence-electron chi connectivity index (χ1n) is 8.30. The summed E-state index contributed by atoms with van der Waals surface area (Å²) in [4.78, 5) is 24.8. The van der Waals surface area contributed by atoms with Crippen molar-refractivity contribution in [3.8, 4) is 0 Å². The molecule has 1 aliphatic carbocycles. The number of carbonyl (C=O) groups excluding carboxylic acids is 1. The van der Waals surface area contributed by atoms with E-state index in [0.717, 1.165) is 62.4 Å². The smallest absolute Gasteiger partial charge is 0.225 e. The lowest BCUT2D eigenvalue weighted by Crippen LogP contribution is -2.41. The number of H-pyrrole nitrogens is 1. The number of anilines is 1. The SMILES string of the molecule is O=C(C1CCC1)N1CCCN(c2nc3ccccc3[nH]2)CC1. The Kier molecular flexibility index (Phi) is 3.48. The highest BCUT2D eigenvalue weighted by Crippen LogP contribution is 2.28. The summed E-state index contributed by atoms with van der Waals surface area (Å²) in [6.07, 6.45) is 4.40. The molecule has 1 aliphatic heterocycles. The van der Waals surface area contributed by atoms with Crippen LogP contribution in [0.15, 0.2) is 24.3 Å². The van der Waals surface area contributed by atoms with E-state index in [9.17, 15) is 4.79 Å². The average Bonchev–Trinajstić information content (AvgIpc) is 2.74. The highest BCUT2D eigenvalue weighted by Gasteiger charge is 2.30. The number of benzene rings is 1. The third kappa shape index (κ3) is 2.45. The third-order valence-electron chi connectivity index (χ3n) is 4.94. The molecule has 116 valence electrons. The second kappa shape index (κ2) is 5.63. The number of aromatic amines is 1. The van der Waals surface area contributed by atoms with E-state index in [1.165, 1.54) is 6.42 Å². The van der Waals surface area contributed by atoms with Crippen LogP contribution in [-0.4, -0.2) is 47.0 Å². The predicted molar refractivity (Wildman–Crippen MR) is 86.8 cm³/mol. The monoisotopic (exact) mass is 298 g/mol. The van der Waals surface area contributed by atoms with Gasteiger partial charge in [-0.2, -0.15) is 0 Å². The number of nitrogens with one attached hydrogen (secondary N) is 1. The van der Waals surface area contributed by atoms with Gasteiger partial charge in [0.25, 0.3) is 0 Å². The molecule has 2 aliphatic rings. The Morgan fingerprint density at radius 1 is 1.09 bits per heavy atom. The maximum Gasteiger partial charge on any atom is 0.225 e. The first kappa shape index (κ1) is 13.6. The summed E-state index contributed by atoms with van der Waals surface area (Å²) in [6.45, 7) is 3.50. The van der Waals surface area contributed by atoms with E-state index >= 15 is 0 Å². The second-order valence-corrected chi connectivity index (χ2v) is 6.37. The fourth-order valence-corrected chi connectivity index (χ4v) is 3.35.